The molecule has 3 heterocycles. The minimum absolute atomic E-state index is 0.658. The van der Waals surface area contributed by atoms with E-state index in [0.717, 1.165) is 6.54 Å². The first-order valence-electron chi connectivity index (χ1n) is 6.84. The maximum Gasteiger partial charge on any atom is 0.0351 e. The number of nitrogens with zero attached hydrogens (tertiary/aromatic N) is 1. The summed E-state index contributed by atoms with van der Waals surface area (Å²) >= 11 is 3.68. The Hall–Kier alpha value is -0.680. The van der Waals surface area contributed by atoms with Gasteiger partial charge < -0.3 is 10.2 Å². The maximum absolute atomic E-state index is 3.70. The smallest absolute Gasteiger partial charge is 0.0351 e. The highest BCUT2D eigenvalue weighted by Gasteiger charge is 2.16. The van der Waals surface area contributed by atoms with E-state index in [0.29, 0.717) is 6.04 Å². The molecule has 0 spiro atoms. The van der Waals surface area contributed by atoms with Crippen molar-refractivity contribution in [1.29, 1.82) is 0 Å². The minimum atomic E-state index is 0.658. The predicted octanol–water partition coefficient (Wildman–Crippen LogP) is 3.66. The van der Waals surface area contributed by atoms with Crippen molar-refractivity contribution < 1.29 is 0 Å². The van der Waals surface area contributed by atoms with Crippen LogP contribution in [0.5, 0.6) is 0 Å². The molecule has 1 atom stereocenters. The summed E-state index contributed by atoms with van der Waals surface area (Å²) in [5.41, 5.74) is 1.37. The zero-order valence-corrected chi connectivity index (χ0v) is 12.9. The Bertz CT molecular complexity index is 504. The Morgan fingerprint density at radius 3 is 3.16 bits per heavy atom. The van der Waals surface area contributed by atoms with Crippen LogP contribution in [-0.2, 0) is 6.54 Å². The monoisotopic (exact) mass is 292 g/mol. The molecule has 0 saturated carbocycles. The number of likely N-dealkylation sites (N-methyl/N-ethyl adjacent to an activating group) is 1. The van der Waals surface area contributed by atoms with Crippen LogP contribution in [0.1, 0.15) is 17.7 Å². The Morgan fingerprint density at radius 1 is 1.42 bits per heavy atom. The van der Waals surface area contributed by atoms with Crippen LogP contribution in [0.2, 0.25) is 0 Å². The third-order valence-electron chi connectivity index (χ3n) is 3.65. The third-order valence-corrected chi connectivity index (χ3v) is 5.50. The Labute approximate surface area is 123 Å². The van der Waals surface area contributed by atoms with E-state index in [4.69, 9.17) is 0 Å². The molecule has 0 radical (unpaired) electrons. The summed E-state index contributed by atoms with van der Waals surface area (Å²) in [6.07, 6.45) is 2.63. The van der Waals surface area contributed by atoms with Crippen LogP contribution in [-0.4, -0.2) is 31.1 Å². The average Bonchev–Trinajstić information content (AvgIpc) is 3.07. The molecule has 2 nitrogen and oxygen atoms in total. The molecular weight excluding hydrogens is 272 g/mol. The second kappa shape index (κ2) is 6.18. The third kappa shape index (κ3) is 3.45. The van der Waals surface area contributed by atoms with Gasteiger partial charge in [0.1, 0.15) is 0 Å². The highest BCUT2D eigenvalue weighted by molar-refractivity contribution is 7.14. The number of thiophene rings is 2. The summed E-state index contributed by atoms with van der Waals surface area (Å²) in [4.78, 5) is 5.24. The summed E-state index contributed by atoms with van der Waals surface area (Å²) < 4.78 is 0. The molecule has 1 N–H and O–H groups in total. The zero-order chi connectivity index (χ0) is 13.1. The van der Waals surface area contributed by atoms with Crippen LogP contribution >= 0.6 is 22.7 Å². The number of piperidine rings is 1. The molecule has 3 rings (SSSR count). The number of nitrogens with one attached hydrogen (secondary N) is 1. The predicted molar refractivity (Wildman–Crippen MR) is 85.0 cm³/mol. The number of rotatable bonds is 4. The van der Waals surface area contributed by atoms with Crippen molar-refractivity contribution >= 4 is 22.7 Å². The fraction of sp³-hybridized carbons (Fsp3) is 0.467. The van der Waals surface area contributed by atoms with Gasteiger partial charge >= 0.3 is 0 Å². The van der Waals surface area contributed by atoms with Gasteiger partial charge in [0.2, 0.25) is 0 Å². The van der Waals surface area contributed by atoms with Crippen molar-refractivity contribution in [2.75, 3.05) is 20.1 Å². The molecule has 4 heteroatoms. The van der Waals surface area contributed by atoms with E-state index in [1.807, 2.05) is 22.7 Å². The lowest BCUT2D eigenvalue weighted by Crippen LogP contribution is -2.43. The zero-order valence-electron chi connectivity index (χ0n) is 11.3. The molecular formula is C15H20N2S2. The van der Waals surface area contributed by atoms with Gasteiger partial charge in [-0.1, -0.05) is 6.07 Å². The highest BCUT2D eigenvalue weighted by Crippen LogP contribution is 2.29. The van der Waals surface area contributed by atoms with E-state index in [9.17, 15) is 0 Å². The van der Waals surface area contributed by atoms with Crippen molar-refractivity contribution in [3.63, 3.8) is 0 Å². The maximum atomic E-state index is 3.70. The quantitative estimate of drug-likeness (QED) is 0.925. The summed E-state index contributed by atoms with van der Waals surface area (Å²) in [6.45, 7) is 3.44. The van der Waals surface area contributed by atoms with Crippen molar-refractivity contribution in [2.45, 2.75) is 25.4 Å². The SMILES string of the molecule is CN1CCCC(NCc2cc(-c3cccs3)cs2)C1. The van der Waals surface area contributed by atoms with Gasteiger partial charge in [-0.2, -0.15) is 0 Å². The molecule has 1 unspecified atom stereocenters. The molecule has 2 aromatic heterocycles. The molecule has 102 valence electrons. The lowest BCUT2D eigenvalue weighted by Gasteiger charge is -2.30. The van der Waals surface area contributed by atoms with Gasteiger partial charge in [0.05, 0.1) is 0 Å². The largest absolute Gasteiger partial charge is 0.308 e. The topological polar surface area (TPSA) is 15.3 Å². The van der Waals surface area contributed by atoms with Crippen molar-refractivity contribution in [1.82, 2.24) is 10.2 Å². The molecule has 2 aromatic rings. The van der Waals surface area contributed by atoms with Gasteiger partial charge in [-0.15, -0.1) is 22.7 Å². The first-order valence-corrected chi connectivity index (χ1v) is 8.60. The Morgan fingerprint density at radius 2 is 2.37 bits per heavy atom. The van der Waals surface area contributed by atoms with Crippen LogP contribution < -0.4 is 5.32 Å². The highest BCUT2D eigenvalue weighted by atomic mass is 32.1. The second-order valence-electron chi connectivity index (χ2n) is 5.26. The van der Waals surface area contributed by atoms with Crippen LogP contribution in [0.3, 0.4) is 0 Å². The minimum Gasteiger partial charge on any atom is -0.308 e. The summed E-state index contributed by atoms with van der Waals surface area (Å²) in [5.74, 6) is 0. The van der Waals surface area contributed by atoms with E-state index in [-0.39, 0.29) is 0 Å². The van der Waals surface area contributed by atoms with E-state index in [1.54, 1.807) is 0 Å². The van der Waals surface area contributed by atoms with Gasteiger partial charge in [0.25, 0.3) is 0 Å². The molecule has 1 fully saturated rings. The van der Waals surface area contributed by atoms with Crippen LogP contribution in [0, 0.1) is 0 Å². The second-order valence-corrected chi connectivity index (χ2v) is 7.20. The lowest BCUT2D eigenvalue weighted by molar-refractivity contribution is 0.227. The normalized spacial score (nSPS) is 20.8. The van der Waals surface area contributed by atoms with Crippen LogP contribution in [0.15, 0.2) is 29.0 Å². The standard InChI is InChI=1S/C15H20N2S2/c1-17-6-2-4-13(10-17)16-9-14-8-12(11-19-14)15-5-3-7-18-15/h3,5,7-8,11,13,16H,2,4,6,9-10H2,1H3. The Kier molecular flexibility index (Phi) is 4.33. The summed E-state index contributed by atoms with van der Waals surface area (Å²) in [6, 6.07) is 7.30. The van der Waals surface area contributed by atoms with Gasteiger partial charge in [0.15, 0.2) is 0 Å². The van der Waals surface area contributed by atoms with Gasteiger partial charge in [-0.25, -0.2) is 0 Å². The molecule has 1 saturated heterocycles. The molecule has 1 aliphatic rings. The van der Waals surface area contributed by atoms with Gasteiger partial charge in [-0.3, -0.25) is 0 Å². The van der Waals surface area contributed by atoms with Crippen molar-refractivity contribution in [3.05, 3.63) is 33.8 Å². The van der Waals surface area contributed by atoms with Crippen molar-refractivity contribution in [2.24, 2.45) is 0 Å². The fourth-order valence-electron chi connectivity index (χ4n) is 2.62. The lowest BCUT2D eigenvalue weighted by atomic mass is 10.1. The van der Waals surface area contributed by atoms with Gasteiger partial charge in [0, 0.05) is 34.4 Å². The van der Waals surface area contributed by atoms with E-state index in [1.165, 1.54) is 41.2 Å². The molecule has 0 aromatic carbocycles. The summed E-state index contributed by atoms with van der Waals surface area (Å²) in [5, 5.41) is 8.11. The van der Waals surface area contributed by atoms with E-state index < -0.39 is 0 Å². The number of hydrogen-bond acceptors (Lipinski definition) is 4. The first-order chi connectivity index (χ1) is 9.31. The van der Waals surface area contributed by atoms with Crippen LogP contribution in [0.25, 0.3) is 10.4 Å². The van der Waals surface area contributed by atoms with Gasteiger partial charge in [-0.05, 0) is 49.3 Å². The van der Waals surface area contributed by atoms with E-state index in [2.05, 4.69) is 46.2 Å². The van der Waals surface area contributed by atoms with Crippen LogP contribution in [0.4, 0.5) is 0 Å². The van der Waals surface area contributed by atoms with Crippen molar-refractivity contribution in [3.8, 4) is 10.4 Å². The molecule has 0 amide bonds. The Balaban J connectivity index is 1.56. The molecule has 1 aliphatic heterocycles. The van der Waals surface area contributed by atoms with E-state index >= 15 is 0 Å². The number of hydrogen-bond donors (Lipinski definition) is 1. The molecule has 0 aliphatic carbocycles. The number of likely N-dealkylation sites (tertiary alicyclic amines) is 1. The summed E-state index contributed by atoms with van der Waals surface area (Å²) in [7, 11) is 2.22. The fourth-order valence-corrected chi connectivity index (χ4v) is 4.25. The average molecular weight is 292 g/mol. The first kappa shape index (κ1) is 13.3. The molecule has 0 bridgehead atoms. The molecule has 19 heavy (non-hydrogen) atoms.